The Morgan fingerprint density at radius 1 is 1.29 bits per heavy atom. The second-order valence-corrected chi connectivity index (χ2v) is 4.38. The largest absolute Gasteiger partial charge is 1.00 e. The van der Waals surface area contributed by atoms with Crippen LogP contribution < -0.4 is 58.2 Å². The number of aromatic hydroxyl groups is 1. The molecule has 1 rings (SSSR count). The summed E-state index contributed by atoms with van der Waals surface area (Å²) >= 11 is 10.8. The van der Waals surface area contributed by atoms with E-state index in [2.05, 4.69) is 0 Å². The summed E-state index contributed by atoms with van der Waals surface area (Å²) in [6.07, 6.45) is 0. The van der Waals surface area contributed by atoms with Crippen molar-refractivity contribution in [2.24, 2.45) is 0 Å². The average Bonchev–Trinajstić information content (AvgIpc) is 1.94. The maximum absolute atomic E-state index is 10.5. The standard InChI is InChI=1S/C6H4Cl2O4S.Rb/c7-3-1-4(8)6(9)5(2-3)13(10,11)12;/h1-2,9H,(H,10,11,12);/q;+1/p-1. The molecule has 0 fully saturated rings. The second kappa shape index (κ2) is 5.59. The zero-order valence-electron chi connectivity index (χ0n) is 6.99. The van der Waals surface area contributed by atoms with Crippen LogP contribution >= 0.6 is 23.2 Å². The fraction of sp³-hybridized carbons (Fsp3) is 0. The molecule has 0 atom stereocenters. The van der Waals surface area contributed by atoms with E-state index in [4.69, 9.17) is 28.3 Å². The molecule has 0 bridgehead atoms. The van der Waals surface area contributed by atoms with Crippen molar-refractivity contribution in [1.82, 2.24) is 0 Å². The molecule has 1 N–H and O–H groups in total. The Morgan fingerprint density at radius 2 is 1.79 bits per heavy atom. The van der Waals surface area contributed by atoms with Crippen LogP contribution in [0.15, 0.2) is 17.0 Å². The van der Waals surface area contributed by atoms with E-state index in [0.29, 0.717) is 0 Å². The number of phenols is 1. The zero-order chi connectivity index (χ0) is 10.2. The van der Waals surface area contributed by atoms with E-state index in [1.54, 1.807) is 0 Å². The predicted molar refractivity (Wildman–Crippen MR) is 46.1 cm³/mol. The minimum atomic E-state index is -4.75. The van der Waals surface area contributed by atoms with Crippen LogP contribution in [-0.2, 0) is 10.1 Å². The van der Waals surface area contributed by atoms with Gasteiger partial charge in [0.25, 0.3) is 0 Å². The summed E-state index contributed by atoms with van der Waals surface area (Å²) in [5.74, 6) is -0.777. The Bertz CT molecular complexity index is 445. The third kappa shape index (κ3) is 3.71. The number of hydrogen-bond donors (Lipinski definition) is 1. The van der Waals surface area contributed by atoms with Gasteiger partial charge in [-0.05, 0) is 12.1 Å². The van der Waals surface area contributed by atoms with Crippen LogP contribution in [-0.4, -0.2) is 18.1 Å². The first-order valence-corrected chi connectivity index (χ1v) is 5.12. The van der Waals surface area contributed by atoms with E-state index in [1.165, 1.54) is 0 Å². The van der Waals surface area contributed by atoms with Crippen LogP contribution in [0.1, 0.15) is 0 Å². The maximum atomic E-state index is 10.5. The molecule has 0 amide bonds. The van der Waals surface area contributed by atoms with Crippen LogP contribution in [0.5, 0.6) is 5.75 Å². The molecule has 72 valence electrons. The van der Waals surface area contributed by atoms with Gasteiger partial charge >= 0.3 is 58.2 Å². The third-order valence-electron chi connectivity index (χ3n) is 1.26. The van der Waals surface area contributed by atoms with Crippen molar-refractivity contribution >= 4 is 33.3 Å². The summed E-state index contributed by atoms with van der Waals surface area (Å²) in [5.41, 5.74) is 0. The number of rotatable bonds is 1. The number of benzene rings is 1. The average molecular weight is 328 g/mol. The predicted octanol–water partition coefficient (Wildman–Crippen LogP) is -1.39. The molecule has 0 unspecified atom stereocenters. The van der Waals surface area contributed by atoms with Gasteiger partial charge in [-0.2, -0.15) is 0 Å². The second-order valence-electron chi connectivity index (χ2n) is 2.19. The summed E-state index contributed by atoms with van der Waals surface area (Å²) in [7, 11) is -4.75. The van der Waals surface area contributed by atoms with E-state index in [1.807, 2.05) is 0 Å². The number of halogens is 2. The van der Waals surface area contributed by atoms with E-state index in [9.17, 15) is 13.0 Å². The van der Waals surface area contributed by atoms with E-state index < -0.39 is 20.8 Å². The van der Waals surface area contributed by atoms with Crippen molar-refractivity contribution in [2.75, 3.05) is 0 Å². The van der Waals surface area contributed by atoms with Gasteiger partial charge in [-0.3, -0.25) is 0 Å². The first-order valence-electron chi connectivity index (χ1n) is 2.96. The van der Waals surface area contributed by atoms with Crippen molar-refractivity contribution in [1.29, 1.82) is 0 Å². The summed E-state index contributed by atoms with van der Waals surface area (Å²) in [4.78, 5) is -0.815. The van der Waals surface area contributed by atoms with Crippen LogP contribution in [0.2, 0.25) is 10.0 Å². The van der Waals surface area contributed by atoms with Crippen molar-refractivity contribution < 1.29 is 76.3 Å². The zero-order valence-corrected chi connectivity index (χ0v) is 14.2. The van der Waals surface area contributed by atoms with Gasteiger partial charge in [0, 0.05) is 5.02 Å². The monoisotopic (exact) mass is 326 g/mol. The van der Waals surface area contributed by atoms with Crippen molar-refractivity contribution in [3.8, 4) is 5.75 Å². The molecule has 0 saturated carbocycles. The van der Waals surface area contributed by atoms with Crippen LogP contribution in [0.3, 0.4) is 0 Å². The van der Waals surface area contributed by atoms with E-state index in [-0.39, 0.29) is 68.2 Å². The summed E-state index contributed by atoms with van der Waals surface area (Å²) in [5, 5.41) is 8.78. The molecule has 8 heteroatoms. The molecule has 0 radical (unpaired) electrons. The Balaban J connectivity index is 0.00000169. The fourth-order valence-corrected chi connectivity index (χ4v) is 1.97. The minimum absolute atomic E-state index is 0. The number of hydrogen-bond acceptors (Lipinski definition) is 4. The molecule has 0 aliphatic rings. The third-order valence-corrected chi connectivity index (χ3v) is 2.62. The van der Waals surface area contributed by atoms with Crippen LogP contribution in [0, 0.1) is 0 Å². The van der Waals surface area contributed by atoms with Gasteiger partial charge in [0.2, 0.25) is 0 Å². The first kappa shape index (κ1) is 15.3. The molecule has 0 saturated heterocycles. The number of phenolic OH excluding ortho intramolecular Hbond substituents is 1. The van der Waals surface area contributed by atoms with Gasteiger partial charge in [-0.15, -0.1) is 0 Å². The Kier molecular flexibility index (Phi) is 6.11. The summed E-state index contributed by atoms with van der Waals surface area (Å²) in [6, 6.07) is 1.97. The Morgan fingerprint density at radius 3 is 2.21 bits per heavy atom. The van der Waals surface area contributed by atoms with Gasteiger partial charge in [0.15, 0.2) is 5.75 Å². The molecule has 1 aromatic carbocycles. The molecule has 14 heavy (non-hydrogen) atoms. The maximum Gasteiger partial charge on any atom is 1.00 e. The molecular formula is C6H3Cl2O4RbS. The smallest absolute Gasteiger partial charge is 0.744 e. The molecule has 0 aromatic heterocycles. The van der Waals surface area contributed by atoms with Gasteiger partial charge in [0.1, 0.15) is 10.1 Å². The van der Waals surface area contributed by atoms with Gasteiger partial charge < -0.3 is 9.66 Å². The summed E-state index contributed by atoms with van der Waals surface area (Å²) < 4.78 is 31.6. The van der Waals surface area contributed by atoms with E-state index in [0.717, 1.165) is 12.1 Å². The Labute approximate surface area is 140 Å². The topological polar surface area (TPSA) is 77.4 Å². The van der Waals surface area contributed by atoms with Crippen LogP contribution in [0.25, 0.3) is 0 Å². The first-order chi connectivity index (χ1) is 5.82. The molecule has 0 spiro atoms. The SMILES string of the molecule is O=S(=O)([O-])c1cc(Cl)cc(Cl)c1O.[Rb+]. The van der Waals surface area contributed by atoms with Gasteiger partial charge in [-0.25, -0.2) is 8.42 Å². The van der Waals surface area contributed by atoms with Gasteiger partial charge in [0.05, 0.1) is 9.92 Å². The minimum Gasteiger partial charge on any atom is -0.744 e. The van der Waals surface area contributed by atoms with Crippen molar-refractivity contribution in [3.63, 3.8) is 0 Å². The van der Waals surface area contributed by atoms with Crippen LogP contribution in [0.4, 0.5) is 0 Å². The van der Waals surface area contributed by atoms with Crippen molar-refractivity contribution in [2.45, 2.75) is 4.90 Å². The fourth-order valence-electron chi connectivity index (χ4n) is 0.733. The summed E-state index contributed by atoms with van der Waals surface area (Å²) in [6.45, 7) is 0. The molecule has 4 nitrogen and oxygen atoms in total. The molecular weight excluding hydrogens is 325 g/mol. The Hall–Kier alpha value is 1.32. The molecule has 0 aliphatic carbocycles. The normalized spacial score (nSPS) is 10.8. The molecule has 0 heterocycles. The molecule has 0 aliphatic heterocycles. The molecule has 1 aromatic rings. The van der Waals surface area contributed by atoms with Crippen molar-refractivity contribution in [3.05, 3.63) is 22.2 Å². The van der Waals surface area contributed by atoms with E-state index >= 15 is 0 Å². The quantitative estimate of drug-likeness (QED) is 0.644. The van der Waals surface area contributed by atoms with Gasteiger partial charge in [-0.1, -0.05) is 23.2 Å².